The number of allylic oxidation sites excluding steroid dienone is 2. The van der Waals surface area contributed by atoms with Crippen molar-refractivity contribution >= 4 is 11.4 Å². The molecule has 2 aromatic rings. The molecule has 0 saturated heterocycles. The van der Waals surface area contributed by atoms with Crippen LogP contribution in [-0.4, -0.2) is 4.70 Å². The van der Waals surface area contributed by atoms with Crippen molar-refractivity contribution in [1.82, 2.24) is 0 Å². The molecule has 1 heterocycles. The lowest BCUT2D eigenvalue weighted by molar-refractivity contribution is -0.344. The predicted molar refractivity (Wildman–Crippen MR) is 456 cm³/mol. The molecule has 0 spiro atoms. The number of rotatable bonds is 82. The van der Waals surface area contributed by atoms with Crippen LogP contribution in [0.15, 0.2) is 60.2 Å². The molecule has 2 nitrogen and oxygen atoms in total. The standard InChI is InChI=1S/C99H178N2/c1-4-7-10-13-16-19-22-25-28-31-34-37-40-43-44-47-50-53-56-59-62-65-68-71-74-77-80-87-97-92-98(95-88-81-85-93(90-95)83-78-75-72-69-66-63-60-57-54-51-48-45-41-38-35-32-29-26-23-20-17-14-11-8-5-2)101(100)99(97)96-89-82-86-94(91-96)84-79-76-73-70-67-64-61-58-55-52-49-46-42-39-36-33-30-27-24-21-18-15-12-9-6-3/h81-82,85-86,88-92H,4-80,83-84,87H2,1-3H3. The second-order valence-electron chi connectivity index (χ2n) is 33.5. The van der Waals surface area contributed by atoms with Crippen LogP contribution in [0.1, 0.15) is 544 Å². The zero-order valence-electron chi connectivity index (χ0n) is 69.2. The Kier molecular flexibility index (Phi) is 68.3. The molecule has 0 bridgehead atoms. The van der Waals surface area contributed by atoms with E-state index in [4.69, 9.17) is 0 Å². The van der Waals surface area contributed by atoms with E-state index in [1.165, 1.54) is 517 Å². The molecule has 584 valence electrons. The van der Waals surface area contributed by atoms with E-state index in [2.05, 4.69) is 75.4 Å². The zero-order valence-corrected chi connectivity index (χ0v) is 69.2. The van der Waals surface area contributed by atoms with Crippen LogP contribution in [0.2, 0.25) is 0 Å². The molecule has 1 aliphatic heterocycles. The van der Waals surface area contributed by atoms with Crippen molar-refractivity contribution in [2.75, 3.05) is 0 Å². The van der Waals surface area contributed by atoms with Crippen molar-refractivity contribution in [3.8, 4) is 0 Å². The molecule has 1 aliphatic rings. The third kappa shape index (κ3) is 57.4. The molecule has 3 rings (SSSR count). The molecule has 0 radical (unpaired) electrons. The van der Waals surface area contributed by atoms with Gasteiger partial charge < -0.3 is 5.53 Å². The smallest absolute Gasteiger partial charge is 0.210 e. The third-order valence-corrected chi connectivity index (χ3v) is 23.7. The molecule has 2 heteroatoms. The van der Waals surface area contributed by atoms with Gasteiger partial charge in [0.15, 0.2) is 0 Å². The lowest BCUT2D eigenvalue weighted by Crippen LogP contribution is -2.03. The van der Waals surface area contributed by atoms with Gasteiger partial charge in [0.05, 0.1) is 0 Å². The maximum atomic E-state index is 12.3. The number of nitrogens with zero attached hydrogens (tertiary/aromatic N) is 2. The van der Waals surface area contributed by atoms with E-state index < -0.39 is 0 Å². The minimum Gasteiger partial charge on any atom is -0.493 e. The highest BCUT2D eigenvalue weighted by Crippen LogP contribution is 2.38. The van der Waals surface area contributed by atoms with Crippen molar-refractivity contribution in [3.63, 3.8) is 0 Å². The van der Waals surface area contributed by atoms with Gasteiger partial charge in [-0.1, -0.05) is 520 Å². The Bertz CT molecular complexity index is 2110. The van der Waals surface area contributed by atoms with Crippen molar-refractivity contribution < 1.29 is 4.70 Å². The molecule has 0 aromatic heterocycles. The van der Waals surface area contributed by atoms with E-state index in [1.54, 1.807) is 4.70 Å². The number of aryl methyl sites for hydroxylation is 2. The maximum absolute atomic E-state index is 12.3. The summed E-state index contributed by atoms with van der Waals surface area (Å²) < 4.78 is 1.58. The SMILES string of the molecule is CCCCCCCCCCCCCCCCCCCCCCCCCCCCCC1=C(c2cccc(CCCCCCCCCCCCCCCCCCCCCCCCCCC)c2)[N+](=[N-])C(c2cccc(CCCCCCCCCCCCCCCCCCCCCCCCCCC)c2)=C1. The average molecular weight is 1400 g/mol. The molecule has 0 aliphatic carbocycles. The lowest BCUT2D eigenvalue weighted by Gasteiger charge is -2.12. The molecular weight excluding hydrogens is 1220 g/mol. The van der Waals surface area contributed by atoms with Gasteiger partial charge in [0.25, 0.3) is 0 Å². The number of hydrogen-bond donors (Lipinski definition) is 0. The Hall–Kier alpha value is -2.48. The van der Waals surface area contributed by atoms with Gasteiger partial charge in [-0.05, 0) is 73.9 Å². The summed E-state index contributed by atoms with van der Waals surface area (Å²) >= 11 is 0. The van der Waals surface area contributed by atoms with Gasteiger partial charge in [-0.3, -0.25) is 0 Å². The minimum atomic E-state index is 0.960. The number of unbranched alkanes of at least 4 members (excludes halogenated alkanes) is 74. The Labute approximate surface area is 634 Å². The zero-order chi connectivity index (χ0) is 71.6. The molecule has 0 atom stereocenters. The Morgan fingerprint density at radius 1 is 0.208 bits per heavy atom. The summed E-state index contributed by atoms with van der Waals surface area (Å²) in [5.74, 6) is 0. The monoisotopic (exact) mass is 1400 g/mol. The second kappa shape index (κ2) is 74.4. The molecule has 0 saturated carbocycles. The summed E-state index contributed by atoms with van der Waals surface area (Å²) in [5, 5.41) is 0. The number of hydrogen-bond acceptors (Lipinski definition) is 0. The van der Waals surface area contributed by atoms with Gasteiger partial charge in [0, 0.05) is 22.8 Å². The Morgan fingerprint density at radius 3 is 0.604 bits per heavy atom. The highest BCUT2D eigenvalue weighted by atomic mass is 15.2. The van der Waals surface area contributed by atoms with Gasteiger partial charge in [-0.25, -0.2) is 4.70 Å². The van der Waals surface area contributed by atoms with Crippen LogP contribution in [0, 0.1) is 0 Å². The normalized spacial score (nSPS) is 12.5. The first kappa shape index (κ1) is 92.7. The van der Waals surface area contributed by atoms with E-state index in [-0.39, 0.29) is 0 Å². The highest BCUT2D eigenvalue weighted by Gasteiger charge is 2.29. The quantitative estimate of drug-likeness (QED) is 0.0466. The van der Waals surface area contributed by atoms with Crippen molar-refractivity contribution in [1.29, 1.82) is 0 Å². The fourth-order valence-corrected chi connectivity index (χ4v) is 16.8. The fourth-order valence-electron chi connectivity index (χ4n) is 16.8. The Balaban J connectivity index is 1.31. The summed E-state index contributed by atoms with van der Waals surface area (Å²) in [5.41, 5.74) is 20.7. The van der Waals surface area contributed by atoms with E-state index in [0.29, 0.717) is 0 Å². The lowest BCUT2D eigenvalue weighted by atomic mass is 9.98. The third-order valence-electron chi connectivity index (χ3n) is 23.7. The summed E-state index contributed by atoms with van der Waals surface area (Å²) in [6, 6.07) is 18.5. The summed E-state index contributed by atoms with van der Waals surface area (Å²) in [6.07, 6.45) is 116. The molecule has 101 heavy (non-hydrogen) atoms. The molecule has 0 unspecified atom stereocenters. The topological polar surface area (TPSA) is 25.3 Å². The first-order valence-corrected chi connectivity index (χ1v) is 47.3. The predicted octanol–water partition coefficient (Wildman–Crippen LogP) is 36.1. The fraction of sp³-hybridized carbons (Fsp3) is 0.838. The van der Waals surface area contributed by atoms with Crippen LogP contribution < -0.4 is 0 Å². The van der Waals surface area contributed by atoms with Crippen LogP contribution >= 0.6 is 0 Å². The van der Waals surface area contributed by atoms with E-state index in [1.807, 2.05) is 0 Å². The highest BCUT2D eigenvalue weighted by molar-refractivity contribution is 5.78. The van der Waals surface area contributed by atoms with Gasteiger partial charge in [-0.2, -0.15) is 0 Å². The summed E-state index contributed by atoms with van der Waals surface area (Å²) in [6.45, 7) is 6.95. The summed E-state index contributed by atoms with van der Waals surface area (Å²) in [7, 11) is 0. The van der Waals surface area contributed by atoms with Crippen LogP contribution in [0.25, 0.3) is 16.9 Å². The van der Waals surface area contributed by atoms with E-state index in [9.17, 15) is 5.53 Å². The molecule has 0 fully saturated rings. The van der Waals surface area contributed by atoms with Crippen LogP contribution in [0.5, 0.6) is 0 Å². The van der Waals surface area contributed by atoms with Gasteiger partial charge in [0.2, 0.25) is 11.4 Å². The Morgan fingerprint density at radius 2 is 0.386 bits per heavy atom. The average Bonchev–Trinajstić information content (AvgIpc) is 1.64. The van der Waals surface area contributed by atoms with Crippen LogP contribution in [0.4, 0.5) is 0 Å². The molecule has 2 aromatic carbocycles. The second-order valence-corrected chi connectivity index (χ2v) is 33.5. The van der Waals surface area contributed by atoms with Crippen LogP contribution in [-0.2, 0) is 12.8 Å². The van der Waals surface area contributed by atoms with E-state index in [0.717, 1.165) is 36.2 Å². The summed E-state index contributed by atoms with van der Waals surface area (Å²) in [4.78, 5) is 0. The maximum Gasteiger partial charge on any atom is 0.210 e. The van der Waals surface area contributed by atoms with E-state index >= 15 is 0 Å². The molecular formula is C99H178N2. The van der Waals surface area contributed by atoms with Gasteiger partial charge >= 0.3 is 0 Å². The van der Waals surface area contributed by atoms with Crippen molar-refractivity contribution in [2.24, 2.45) is 0 Å². The number of benzene rings is 2. The molecule has 0 amide bonds. The first-order chi connectivity index (χ1) is 50.2. The van der Waals surface area contributed by atoms with Crippen molar-refractivity contribution in [2.45, 2.75) is 534 Å². The molecule has 0 N–H and O–H groups in total. The largest absolute Gasteiger partial charge is 0.493 e. The minimum absolute atomic E-state index is 0.960. The van der Waals surface area contributed by atoms with Gasteiger partial charge in [-0.15, -0.1) is 0 Å². The van der Waals surface area contributed by atoms with Crippen LogP contribution in [0.3, 0.4) is 0 Å². The van der Waals surface area contributed by atoms with Gasteiger partial charge in [0.1, 0.15) is 0 Å². The van der Waals surface area contributed by atoms with Crippen molar-refractivity contribution in [3.05, 3.63) is 88.0 Å². The first-order valence-electron chi connectivity index (χ1n) is 47.3.